The number of benzene rings is 1. The molecule has 1 aliphatic heterocycles. The molecule has 0 amide bonds. The molecule has 0 radical (unpaired) electrons. The topological polar surface area (TPSA) is 35.5 Å². The van der Waals surface area contributed by atoms with E-state index < -0.39 is 0 Å². The summed E-state index contributed by atoms with van der Waals surface area (Å²) < 4.78 is 10.4. The first-order chi connectivity index (χ1) is 8.72. The van der Waals surface area contributed by atoms with Gasteiger partial charge in [0.15, 0.2) is 0 Å². The van der Waals surface area contributed by atoms with E-state index in [0.717, 1.165) is 30.8 Å². The third-order valence-electron chi connectivity index (χ3n) is 3.41. The molecule has 1 aromatic carbocycles. The first-order valence-electron chi connectivity index (χ1n) is 6.52. The largest absolute Gasteiger partial charge is 0.466 e. The van der Waals surface area contributed by atoms with Gasteiger partial charge in [0.2, 0.25) is 0 Å². The summed E-state index contributed by atoms with van der Waals surface area (Å²) in [6, 6.07) is 8.04. The van der Waals surface area contributed by atoms with Crippen LogP contribution in [0.2, 0.25) is 0 Å². The summed E-state index contributed by atoms with van der Waals surface area (Å²) in [6.45, 7) is 5.85. The van der Waals surface area contributed by atoms with E-state index in [1.165, 1.54) is 0 Å². The fourth-order valence-electron chi connectivity index (χ4n) is 2.32. The molecule has 2 rings (SSSR count). The van der Waals surface area contributed by atoms with Crippen LogP contribution in [0.25, 0.3) is 0 Å². The Morgan fingerprint density at radius 3 is 2.72 bits per heavy atom. The van der Waals surface area contributed by atoms with Gasteiger partial charge in [-0.1, -0.05) is 24.3 Å². The Morgan fingerprint density at radius 2 is 2.17 bits per heavy atom. The average Bonchev–Trinajstić information content (AvgIpc) is 2.30. The van der Waals surface area contributed by atoms with Crippen molar-refractivity contribution in [3.05, 3.63) is 35.4 Å². The van der Waals surface area contributed by atoms with Gasteiger partial charge < -0.3 is 9.47 Å². The molecule has 3 nitrogen and oxygen atoms in total. The van der Waals surface area contributed by atoms with Crippen LogP contribution < -0.4 is 0 Å². The number of carbonyl (C=O) groups excluding carboxylic acids is 1. The number of hydrogen-bond acceptors (Lipinski definition) is 3. The van der Waals surface area contributed by atoms with E-state index in [-0.39, 0.29) is 11.9 Å². The van der Waals surface area contributed by atoms with Crippen LogP contribution in [0.4, 0.5) is 0 Å². The molecule has 18 heavy (non-hydrogen) atoms. The Labute approximate surface area is 108 Å². The highest BCUT2D eigenvalue weighted by molar-refractivity contribution is 5.78. The molecule has 0 saturated carbocycles. The molecule has 0 aliphatic carbocycles. The lowest BCUT2D eigenvalue weighted by molar-refractivity contribution is -0.146. The minimum absolute atomic E-state index is 0.112. The van der Waals surface area contributed by atoms with E-state index >= 15 is 0 Å². The average molecular weight is 248 g/mol. The Kier molecular flexibility index (Phi) is 4.37. The van der Waals surface area contributed by atoms with Crippen molar-refractivity contribution in [3.8, 4) is 0 Å². The Balaban J connectivity index is 2.17. The van der Waals surface area contributed by atoms with Gasteiger partial charge in [0, 0.05) is 5.92 Å². The van der Waals surface area contributed by atoms with Crippen molar-refractivity contribution in [2.75, 3.05) is 19.8 Å². The standard InChI is InChI=1S/C15H20O3/c1-3-18-15(16)14(8-12-9-17-10-12)13-7-5-4-6-11(13)2/h4-7,12,14H,3,8-10H2,1-2H3. The van der Waals surface area contributed by atoms with E-state index in [2.05, 4.69) is 0 Å². The summed E-state index contributed by atoms with van der Waals surface area (Å²) in [5.74, 6) is 0.220. The van der Waals surface area contributed by atoms with Crippen molar-refractivity contribution < 1.29 is 14.3 Å². The Morgan fingerprint density at radius 1 is 1.44 bits per heavy atom. The zero-order valence-electron chi connectivity index (χ0n) is 11.0. The van der Waals surface area contributed by atoms with E-state index in [0.29, 0.717) is 12.5 Å². The highest BCUT2D eigenvalue weighted by Gasteiger charge is 2.30. The normalized spacial score (nSPS) is 17.0. The van der Waals surface area contributed by atoms with Crippen molar-refractivity contribution in [2.45, 2.75) is 26.2 Å². The maximum Gasteiger partial charge on any atom is 0.313 e. The Hall–Kier alpha value is -1.35. The van der Waals surface area contributed by atoms with Crippen molar-refractivity contribution in [1.82, 2.24) is 0 Å². The number of hydrogen-bond donors (Lipinski definition) is 0. The van der Waals surface area contributed by atoms with E-state index in [1.54, 1.807) is 0 Å². The molecule has 1 saturated heterocycles. The summed E-state index contributed by atoms with van der Waals surface area (Å²) in [7, 11) is 0. The molecular weight excluding hydrogens is 228 g/mol. The zero-order valence-corrected chi connectivity index (χ0v) is 11.0. The predicted octanol–water partition coefficient (Wildman–Crippen LogP) is 2.68. The van der Waals surface area contributed by atoms with E-state index in [1.807, 2.05) is 38.1 Å². The van der Waals surface area contributed by atoms with Crippen molar-refractivity contribution >= 4 is 5.97 Å². The van der Waals surface area contributed by atoms with Gasteiger partial charge in [-0.2, -0.15) is 0 Å². The smallest absolute Gasteiger partial charge is 0.313 e. The van der Waals surface area contributed by atoms with Crippen LogP contribution in [-0.4, -0.2) is 25.8 Å². The van der Waals surface area contributed by atoms with Gasteiger partial charge >= 0.3 is 5.97 Å². The summed E-state index contributed by atoms with van der Waals surface area (Å²) in [5, 5.41) is 0. The van der Waals surface area contributed by atoms with E-state index in [4.69, 9.17) is 9.47 Å². The number of rotatable bonds is 5. The van der Waals surface area contributed by atoms with Crippen LogP contribution in [0.1, 0.15) is 30.4 Å². The summed E-state index contributed by atoms with van der Waals surface area (Å²) >= 11 is 0. The van der Waals surface area contributed by atoms with Crippen LogP contribution in [0.3, 0.4) is 0 Å². The molecule has 1 fully saturated rings. The predicted molar refractivity (Wildman–Crippen MR) is 69.5 cm³/mol. The number of esters is 1. The van der Waals surface area contributed by atoms with Crippen LogP contribution >= 0.6 is 0 Å². The molecule has 98 valence electrons. The van der Waals surface area contributed by atoms with Crippen LogP contribution in [0.5, 0.6) is 0 Å². The number of ether oxygens (including phenoxy) is 2. The van der Waals surface area contributed by atoms with Gasteiger partial charge in [-0.15, -0.1) is 0 Å². The first-order valence-corrected chi connectivity index (χ1v) is 6.52. The first kappa shape index (κ1) is 13.1. The second-order valence-corrected chi connectivity index (χ2v) is 4.80. The second kappa shape index (κ2) is 6.01. The monoisotopic (exact) mass is 248 g/mol. The fraction of sp³-hybridized carbons (Fsp3) is 0.533. The van der Waals surface area contributed by atoms with Crippen molar-refractivity contribution in [3.63, 3.8) is 0 Å². The fourth-order valence-corrected chi connectivity index (χ4v) is 2.32. The second-order valence-electron chi connectivity index (χ2n) is 4.80. The minimum atomic E-state index is -0.153. The quantitative estimate of drug-likeness (QED) is 0.751. The molecule has 1 aromatic rings. The van der Waals surface area contributed by atoms with Crippen molar-refractivity contribution in [1.29, 1.82) is 0 Å². The van der Waals surface area contributed by atoms with Crippen LogP contribution in [-0.2, 0) is 14.3 Å². The molecule has 0 N–H and O–H groups in total. The lowest BCUT2D eigenvalue weighted by Crippen LogP contribution is -2.31. The third kappa shape index (κ3) is 2.91. The zero-order chi connectivity index (χ0) is 13.0. The van der Waals surface area contributed by atoms with Gasteiger partial charge in [-0.05, 0) is 31.4 Å². The van der Waals surface area contributed by atoms with Crippen molar-refractivity contribution in [2.24, 2.45) is 5.92 Å². The van der Waals surface area contributed by atoms with Gasteiger partial charge in [0.1, 0.15) is 0 Å². The van der Waals surface area contributed by atoms with Crippen LogP contribution in [0, 0.1) is 12.8 Å². The molecule has 0 aromatic heterocycles. The lowest BCUT2D eigenvalue weighted by atomic mass is 9.86. The highest BCUT2D eigenvalue weighted by Crippen LogP contribution is 2.30. The molecule has 1 aliphatic rings. The lowest BCUT2D eigenvalue weighted by Gasteiger charge is -2.29. The van der Waals surface area contributed by atoms with Gasteiger partial charge in [0.05, 0.1) is 25.7 Å². The minimum Gasteiger partial charge on any atom is -0.466 e. The van der Waals surface area contributed by atoms with Gasteiger partial charge in [-0.3, -0.25) is 4.79 Å². The summed E-state index contributed by atoms with van der Waals surface area (Å²) in [5.41, 5.74) is 2.23. The number of carbonyl (C=O) groups is 1. The maximum atomic E-state index is 12.1. The van der Waals surface area contributed by atoms with Gasteiger partial charge in [0.25, 0.3) is 0 Å². The molecule has 3 heteroatoms. The Bertz CT molecular complexity index is 410. The third-order valence-corrected chi connectivity index (χ3v) is 3.41. The molecule has 0 spiro atoms. The summed E-state index contributed by atoms with van der Waals surface area (Å²) in [6.07, 6.45) is 0.823. The van der Waals surface area contributed by atoms with E-state index in [9.17, 15) is 4.79 Å². The van der Waals surface area contributed by atoms with Gasteiger partial charge in [-0.25, -0.2) is 0 Å². The maximum absolute atomic E-state index is 12.1. The molecule has 1 atom stereocenters. The molecule has 0 bridgehead atoms. The summed E-state index contributed by atoms with van der Waals surface area (Å²) in [4.78, 5) is 12.1. The highest BCUT2D eigenvalue weighted by atomic mass is 16.5. The van der Waals surface area contributed by atoms with Crippen LogP contribution in [0.15, 0.2) is 24.3 Å². The SMILES string of the molecule is CCOC(=O)C(CC1COC1)c1ccccc1C. The molecule has 1 unspecified atom stereocenters. The molecular formula is C15H20O3. The molecule has 1 heterocycles. The number of aryl methyl sites for hydroxylation is 1.